The van der Waals surface area contributed by atoms with Gasteiger partial charge in [-0.3, -0.25) is 4.79 Å². The standard InChI is InChI=1S/C23H16BrFN2O2/c24-21-13-17(8-11-22(21)29-15-16-6-9-19(25)10-7-16)12-18(14-26)23(28)27-20-4-2-1-3-5-20/h1-13H,15H2,(H,27,28). The lowest BCUT2D eigenvalue weighted by Crippen LogP contribution is -2.13. The third-order valence-corrected chi connectivity index (χ3v) is 4.59. The van der Waals surface area contributed by atoms with Gasteiger partial charge in [0.15, 0.2) is 0 Å². The molecule has 0 aliphatic rings. The molecule has 0 heterocycles. The van der Waals surface area contributed by atoms with Gasteiger partial charge in [0.25, 0.3) is 5.91 Å². The van der Waals surface area contributed by atoms with Gasteiger partial charge in [-0.2, -0.15) is 5.26 Å². The molecule has 3 aromatic carbocycles. The summed E-state index contributed by atoms with van der Waals surface area (Å²) in [7, 11) is 0. The van der Waals surface area contributed by atoms with E-state index < -0.39 is 5.91 Å². The highest BCUT2D eigenvalue weighted by atomic mass is 79.9. The van der Waals surface area contributed by atoms with Gasteiger partial charge in [-0.25, -0.2) is 4.39 Å². The van der Waals surface area contributed by atoms with E-state index in [0.717, 1.165) is 5.56 Å². The summed E-state index contributed by atoms with van der Waals surface area (Å²) >= 11 is 3.44. The highest BCUT2D eigenvalue weighted by molar-refractivity contribution is 9.10. The summed E-state index contributed by atoms with van der Waals surface area (Å²) in [6.45, 7) is 0.289. The van der Waals surface area contributed by atoms with Crippen molar-refractivity contribution < 1.29 is 13.9 Å². The largest absolute Gasteiger partial charge is 0.488 e. The first-order chi connectivity index (χ1) is 14.0. The second kappa shape index (κ2) is 9.67. The third kappa shape index (κ3) is 5.77. The van der Waals surface area contributed by atoms with Crippen LogP contribution in [0.15, 0.2) is 82.8 Å². The predicted molar refractivity (Wildman–Crippen MR) is 114 cm³/mol. The van der Waals surface area contributed by atoms with Crippen LogP contribution in [0.3, 0.4) is 0 Å². The first-order valence-corrected chi connectivity index (χ1v) is 9.49. The average Bonchev–Trinajstić information content (AvgIpc) is 2.73. The summed E-state index contributed by atoms with van der Waals surface area (Å²) < 4.78 is 19.4. The van der Waals surface area contributed by atoms with Crippen molar-refractivity contribution in [2.75, 3.05) is 5.32 Å². The molecule has 0 bridgehead atoms. The third-order valence-electron chi connectivity index (χ3n) is 3.97. The Morgan fingerprint density at radius 3 is 2.48 bits per heavy atom. The van der Waals surface area contributed by atoms with Crippen LogP contribution in [0.25, 0.3) is 6.08 Å². The molecule has 3 aromatic rings. The quantitative estimate of drug-likeness (QED) is 0.386. The Morgan fingerprint density at radius 2 is 1.83 bits per heavy atom. The van der Waals surface area contributed by atoms with Gasteiger partial charge in [0.1, 0.15) is 29.8 Å². The van der Waals surface area contributed by atoms with Gasteiger partial charge < -0.3 is 10.1 Å². The molecule has 4 nitrogen and oxygen atoms in total. The van der Waals surface area contributed by atoms with Crippen LogP contribution in [0.1, 0.15) is 11.1 Å². The van der Waals surface area contributed by atoms with Crippen LogP contribution < -0.4 is 10.1 Å². The Hall–Kier alpha value is -3.43. The topological polar surface area (TPSA) is 62.1 Å². The van der Waals surface area contributed by atoms with Crippen molar-refractivity contribution in [3.05, 3.63) is 99.8 Å². The van der Waals surface area contributed by atoms with Crippen LogP contribution in [0.5, 0.6) is 5.75 Å². The molecule has 1 N–H and O–H groups in total. The highest BCUT2D eigenvalue weighted by Gasteiger charge is 2.10. The van der Waals surface area contributed by atoms with Crippen molar-refractivity contribution in [2.24, 2.45) is 0 Å². The van der Waals surface area contributed by atoms with E-state index in [0.29, 0.717) is 21.5 Å². The maximum absolute atomic E-state index is 13.0. The van der Waals surface area contributed by atoms with Crippen molar-refractivity contribution in [3.63, 3.8) is 0 Å². The molecule has 0 saturated heterocycles. The number of nitrogens with one attached hydrogen (secondary N) is 1. The van der Waals surface area contributed by atoms with Gasteiger partial charge in [0.2, 0.25) is 0 Å². The molecular weight excluding hydrogens is 435 g/mol. The van der Waals surface area contributed by atoms with Crippen LogP contribution in [-0.4, -0.2) is 5.91 Å². The summed E-state index contributed by atoms with van der Waals surface area (Å²) in [6.07, 6.45) is 1.51. The number of hydrogen-bond acceptors (Lipinski definition) is 3. The van der Waals surface area contributed by atoms with E-state index in [9.17, 15) is 14.4 Å². The average molecular weight is 451 g/mol. The Morgan fingerprint density at radius 1 is 1.10 bits per heavy atom. The second-order valence-electron chi connectivity index (χ2n) is 6.09. The molecule has 0 saturated carbocycles. The summed E-state index contributed by atoms with van der Waals surface area (Å²) in [5.74, 6) is -0.180. The highest BCUT2D eigenvalue weighted by Crippen LogP contribution is 2.28. The van der Waals surface area contributed by atoms with E-state index in [2.05, 4.69) is 21.2 Å². The van der Waals surface area contributed by atoms with Crippen molar-refractivity contribution in [2.45, 2.75) is 6.61 Å². The van der Waals surface area contributed by atoms with Crippen LogP contribution in [0, 0.1) is 17.1 Å². The minimum Gasteiger partial charge on any atom is -0.488 e. The Kier molecular flexibility index (Phi) is 6.77. The van der Waals surface area contributed by atoms with Crippen molar-refractivity contribution in [3.8, 4) is 11.8 Å². The zero-order valence-corrected chi connectivity index (χ0v) is 16.8. The molecule has 6 heteroatoms. The number of para-hydroxylation sites is 1. The molecule has 0 fully saturated rings. The molecule has 0 atom stereocenters. The molecule has 3 rings (SSSR count). The van der Waals surface area contributed by atoms with Crippen LogP contribution >= 0.6 is 15.9 Å². The molecule has 0 aliphatic heterocycles. The Balaban J connectivity index is 1.70. The number of nitrogens with zero attached hydrogens (tertiary/aromatic N) is 1. The number of hydrogen-bond donors (Lipinski definition) is 1. The smallest absolute Gasteiger partial charge is 0.266 e. The fourth-order valence-corrected chi connectivity index (χ4v) is 3.01. The maximum Gasteiger partial charge on any atom is 0.266 e. The molecule has 29 heavy (non-hydrogen) atoms. The van der Waals surface area contributed by atoms with Gasteiger partial charge in [-0.1, -0.05) is 36.4 Å². The monoisotopic (exact) mass is 450 g/mol. The normalized spacial score (nSPS) is 10.9. The van der Waals surface area contributed by atoms with Gasteiger partial charge in [0.05, 0.1) is 4.47 Å². The molecule has 1 amide bonds. The molecule has 0 radical (unpaired) electrons. The van der Waals surface area contributed by atoms with Gasteiger partial charge in [-0.15, -0.1) is 0 Å². The van der Waals surface area contributed by atoms with Crippen LogP contribution in [0.2, 0.25) is 0 Å². The number of anilines is 1. The minimum absolute atomic E-state index is 0.0132. The minimum atomic E-state index is -0.480. The lowest BCUT2D eigenvalue weighted by Gasteiger charge is -2.09. The summed E-state index contributed by atoms with van der Waals surface area (Å²) in [4.78, 5) is 12.3. The molecule has 144 valence electrons. The first kappa shape index (κ1) is 20.3. The number of nitriles is 1. The van der Waals surface area contributed by atoms with E-state index in [1.54, 1.807) is 54.6 Å². The van der Waals surface area contributed by atoms with Crippen molar-refractivity contribution >= 4 is 33.6 Å². The van der Waals surface area contributed by atoms with E-state index >= 15 is 0 Å². The van der Waals surface area contributed by atoms with Crippen LogP contribution in [0.4, 0.5) is 10.1 Å². The number of halogens is 2. The predicted octanol–water partition coefficient (Wildman–Crippen LogP) is 5.71. The van der Waals surface area contributed by atoms with Gasteiger partial charge >= 0.3 is 0 Å². The molecule has 0 unspecified atom stereocenters. The molecular formula is C23H16BrFN2O2. The number of rotatable bonds is 6. The maximum atomic E-state index is 13.0. The summed E-state index contributed by atoms with van der Waals surface area (Å²) in [6, 6.07) is 22.2. The van der Waals surface area contributed by atoms with Crippen LogP contribution in [-0.2, 0) is 11.4 Å². The zero-order chi connectivity index (χ0) is 20.6. The molecule has 0 aliphatic carbocycles. The lowest BCUT2D eigenvalue weighted by molar-refractivity contribution is -0.112. The Labute approximate surface area is 176 Å². The van der Waals surface area contributed by atoms with Crippen molar-refractivity contribution in [1.29, 1.82) is 5.26 Å². The van der Waals surface area contributed by atoms with Gasteiger partial charge in [0, 0.05) is 5.69 Å². The van der Waals surface area contributed by atoms with Gasteiger partial charge in [-0.05, 0) is 69.5 Å². The molecule has 0 spiro atoms. The molecule has 0 aromatic heterocycles. The fraction of sp³-hybridized carbons (Fsp3) is 0.0435. The lowest BCUT2D eigenvalue weighted by atomic mass is 10.1. The van der Waals surface area contributed by atoms with E-state index in [1.807, 2.05) is 12.1 Å². The summed E-state index contributed by atoms with van der Waals surface area (Å²) in [5.41, 5.74) is 2.11. The van der Waals surface area contributed by atoms with Crippen molar-refractivity contribution in [1.82, 2.24) is 0 Å². The number of benzene rings is 3. The van der Waals surface area contributed by atoms with E-state index in [4.69, 9.17) is 4.74 Å². The van der Waals surface area contributed by atoms with E-state index in [1.165, 1.54) is 18.2 Å². The van der Waals surface area contributed by atoms with E-state index in [-0.39, 0.29) is 18.0 Å². The number of ether oxygens (including phenoxy) is 1. The fourth-order valence-electron chi connectivity index (χ4n) is 2.50. The number of amides is 1. The Bertz CT molecular complexity index is 1070. The zero-order valence-electron chi connectivity index (χ0n) is 15.2. The second-order valence-corrected chi connectivity index (χ2v) is 6.95. The number of carbonyl (C=O) groups excluding carboxylic acids is 1. The summed E-state index contributed by atoms with van der Waals surface area (Å²) in [5, 5.41) is 12.0. The number of carbonyl (C=O) groups is 1. The first-order valence-electron chi connectivity index (χ1n) is 8.70. The SMILES string of the molecule is N#CC(=Cc1ccc(OCc2ccc(F)cc2)c(Br)c1)C(=O)Nc1ccccc1.